The van der Waals surface area contributed by atoms with Crippen LogP contribution in [-0.2, 0) is 17.8 Å². The van der Waals surface area contributed by atoms with Crippen molar-refractivity contribution in [2.75, 3.05) is 19.6 Å². The molecule has 1 amide bonds. The monoisotopic (exact) mass is 329 g/mol. The van der Waals surface area contributed by atoms with Gasteiger partial charge in [0.2, 0.25) is 0 Å². The van der Waals surface area contributed by atoms with Crippen LogP contribution in [0.1, 0.15) is 24.2 Å². The fourth-order valence-electron chi connectivity index (χ4n) is 3.05. The standard InChI is InChI=1S/C17H23N5O2/c23-16-17(24,12-18-11-15-19-13-20-21-15)8-4-9-22(16)10-7-14-5-2-1-3-6-14/h1-3,5-6,13,18,24H,4,7-12H2,(H,19,20,21). The lowest BCUT2D eigenvalue weighted by Crippen LogP contribution is -2.58. The zero-order chi connectivity index (χ0) is 16.8. The average molecular weight is 329 g/mol. The van der Waals surface area contributed by atoms with Crippen LogP contribution in [0.5, 0.6) is 0 Å². The summed E-state index contributed by atoms with van der Waals surface area (Å²) in [5.41, 5.74) is -0.141. The molecule has 128 valence electrons. The average Bonchev–Trinajstić information content (AvgIpc) is 3.11. The normalized spacial score (nSPS) is 21.2. The van der Waals surface area contributed by atoms with Crippen LogP contribution < -0.4 is 5.32 Å². The number of hydrogen-bond donors (Lipinski definition) is 3. The summed E-state index contributed by atoms with van der Waals surface area (Å²) in [6.07, 6.45) is 3.52. The van der Waals surface area contributed by atoms with E-state index in [0.29, 0.717) is 31.9 Å². The number of aliphatic hydroxyl groups is 1. The Morgan fingerprint density at radius 2 is 2.17 bits per heavy atom. The van der Waals surface area contributed by atoms with Gasteiger partial charge in [-0.3, -0.25) is 9.89 Å². The van der Waals surface area contributed by atoms with Crippen molar-refractivity contribution in [3.8, 4) is 0 Å². The fourth-order valence-corrected chi connectivity index (χ4v) is 3.05. The molecule has 0 aliphatic carbocycles. The SMILES string of the molecule is O=C1N(CCc2ccccc2)CCCC1(O)CNCc1ncn[nH]1. The van der Waals surface area contributed by atoms with Crippen LogP contribution in [0.3, 0.4) is 0 Å². The lowest BCUT2D eigenvalue weighted by Gasteiger charge is -2.38. The van der Waals surface area contributed by atoms with Crippen LogP contribution in [0.2, 0.25) is 0 Å². The molecule has 3 rings (SSSR count). The molecule has 0 saturated carbocycles. The quantitative estimate of drug-likeness (QED) is 0.687. The van der Waals surface area contributed by atoms with E-state index in [0.717, 1.165) is 12.8 Å². The molecule has 1 aromatic carbocycles. The zero-order valence-corrected chi connectivity index (χ0v) is 13.6. The van der Waals surface area contributed by atoms with Gasteiger partial charge in [0.1, 0.15) is 12.2 Å². The van der Waals surface area contributed by atoms with Crippen molar-refractivity contribution in [2.24, 2.45) is 0 Å². The molecule has 1 aliphatic heterocycles. The molecule has 1 fully saturated rings. The number of nitrogens with one attached hydrogen (secondary N) is 2. The lowest BCUT2D eigenvalue weighted by molar-refractivity contribution is -0.156. The number of amides is 1. The molecule has 7 nitrogen and oxygen atoms in total. The van der Waals surface area contributed by atoms with Gasteiger partial charge in [0.05, 0.1) is 6.54 Å². The fraction of sp³-hybridized carbons (Fsp3) is 0.471. The smallest absolute Gasteiger partial charge is 0.255 e. The summed E-state index contributed by atoms with van der Waals surface area (Å²) in [7, 11) is 0. The highest BCUT2D eigenvalue weighted by atomic mass is 16.3. The van der Waals surface area contributed by atoms with Crippen molar-refractivity contribution in [3.05, 3.63) is 48.0 Å². The summed E-state index contributed by atoms with van der Waals surface area (Å²) >= 11 is 0. The number of likely N-dealkylation sites (tertiary alicyclic amines) is 1. The van der Waals surface area contributed by atoms with Crippen molar-refractivity contribution in [3.63, 3.8) is 0 Å². The van der Waals surface area contributed by atoms with Crippen LogP contribution in [-0.4, -0.2) is 56.3 Å². The first-order chi connectivity index (χ1) is 11.7. The first-order valence-electron chi connectivity index (χ1n) is 8.28. The second-order valence-electron chi connectivity index (χ2n) is 6.20. The highest BCUT2D eigenvalue weighted by Gasteiger charge is 2.41. The van der Waals surface area contributed by atoms with Crippen molar-refractivity contribution >= 4 is 5.91 Å². The molecule has 1 atom stereocenters. The third-order valence-corrected chi connectivity index (χ3v) is 4.39. The van der Waals surface area contributed by atoms with E-state index in [-0.39, 0.29) is 12.5 Å². The molecule has 0 bridgehead atoms. The van der Waals surface area contributed by atoms with Crippen molar-refractivity contribution < 1.29 is 9.90 Å². The van der Waals surface area contributed by atoms with Crippen LogP contribution in [0.25, 0.3) is 0 Å². The summed E-state index contributed by atoms with van der Waals surface area (Å²) in [5, 5.41) is 20.3. The molecule has 2 heterocycles. The predicted octanol–water partition coefficient (Wildman–Crippen LogP) is 0.490. The van der Waals surface area contributed by atoms with E-state index in [2.05, 4.69) is 32.6 Å². The van der Waals surface area contributed by atoms with Gasteiger partial charge in [-0.2, -0.15) is 5.10 Å². The maximum Gasteiger partial charge on any atom is 0.255 e. The van der Waals surface area contributed by atoms with E-state index in [1.165, 1.54) is 11.9 Å². The van der Waals surface area contributed by atoms with Gasteiger partial charge in [-0.25, -0.2) is 4.98 Å². The summed E-state index contributed by atoms with van der Waals surface area (Å²) in [6.45, 7) is 2.00. The van der Waals surface area contributed by atoms with Gasteiger partial charge in [-0.05, 0) is 24.8 Å². The maximum absolute atomic E-state index is 12.7. The van der Waals surface area contributed by atoms with E-state index in [1.807, 2.05) is 18.2 Å². The Bertz CT molecular complexity index is 646. The number of piperidine rings is 1. The molecule has 1 saturated heterocycles. The molecular formula is C17H23N5O2. The van der Waals surface area contributed by atoms with E-state index in [4.69, 9.17) is 0 Å². The second-order valence-corrected chi connectivity index (χ2v) is 6.20. The number of nitrogens with zero attached hydrogens (tertiary/aromatic N) is 3. The molecule has 3 N–H and O–H groups in total. The van der Waals surface area contributed by atoms with E-state index in [9.17, 15) is 9.90 Å². The van der Waals surface area contributed by atoms with Gasteiger partial charge >= 0.3 is 0 Å². The molecular weight excluding hydrogens is 306 g/mol. The lowest BCUT2D eigenvalue weighted by atomic mass is 9.91. The number of carbonyl (C=O) groups is 1. The highest BCUT2D eigenvalue weighted by molar-refractivity contribution is 5.86. The Hall–Kier alpha value is -2.25. The molecule has 1 aromatic heterocycles. The molecule has 1 aliphatic rings. The third-order valence-electron chi connectivity index (χ3n) is 4.39. The Kier molecular flexibility index (Phi) is 5.22. The van der Waals surface area contributed by atoms with Gasteiger partial charge in [0.25, 0.3) is 5.91 Å². The Morgan fingerprint density at radius 3 is 2.92 bits per heavy atom. The molecule has 0 radical (unpaired) electrons. The van der Waals surface area contributed by atoms with Crippen LogP contribution in [0.4, 0.5) is 0 Å². The van der Waals surface area contributed by atoms with Crippen LogP contribution in [0, 0.1) is 0 Å². The van der Waals surface area contributed by atoms with Gasteiger partial charge in [0, 0.05) is 19.6 Å². The van der Waals surface area contributed by atoms with Crippen LogP contribution in [0.15, 0.2) is 36.7 Å². The van der Waals surface area contributed by atoms with Crippen molar-refractivity contribution in [1.82, 2.24) is 25.4 Å². The minimum absolute atomic E-state index is 0.185. The number of aromatic amines is 1. The number of carbonyl (C=O) groups excluding carboxylic acids is 1. The highest BCUT2D eigenvalue weighted by Crippen LogP contribution is 2.22. The molecule has 7 heteroatoms. The van der Waals surface area contributed by atoms with Crippen LogP contribution >= 0.6 is 0 Å². The third kappa shape index (κ3) is 3.98. The summed E-state index contributed by atoms with van der Waals surface area (Å²) < 4.78 is 0. The number of H-pyrrole nitrogens is 1. The van der Waals surface area contributed by atoms with E-state index < -0.39 is 5.60 Å². The Morgan fingerprint density at radius 1 is 1.33 bits per heavy atom. The van der Waals surface area contributed by atoms with Crippen molar-refractivity contribution in [2.45, 2.75) is 31.4 Å². The van der Waals surface area contributed by atoms with Gasteiger partial charge in [-0.15, -0.1) is 0 Å². The molecule has 0 spiro atoms. The number of hydrogen-bond acceptors (Lipinski definition) is 5. The zero-order valence-electron chi connectivity index (χ0n) is 13.6. The van der Waals surface area contributed by atoms with Gasteiger partial charge in [0.15, 0.2) is 5.60 Å². The van der Waals surface area contributed by atoms with Crippen molar-refractivity contribution in [1.29, 1.82) is 0 Å². The number of aromatic nitrogens is 3. The van der Waals surface area contributed by atoms with E-state index in [1.54, 1.807) is 4.90 Å². The minimum Gasteiger partial charge on any atom is -0.379 e. The summed E-state index contributed by atoms with van der Waals surface area (Å²) in [4.78, 5) is 18.4. The number of rotatable bonds is 7. The maximum atomic E-state index is 12.7. The van der Waals surface area contributed by atoms with Gasteiger partial charge in [-0.1, -0.05) is 30.3 Å². The largest absolute Gasteiger partial charge is 0.379 e. The second kappa shape index (κ2) is 7.55. The number of benzene rings is 1. The molecule has 2 aromatic rings. The summed E-state index contributed by atoms with van der Waals surface area (Å²) in [5.74, 6) is 0.498. The summed E-state index contributed by atoms with van der Waals surface area (Å²) in [6, 6.07) is 10.1. The predicted molar refractivity (Wildman–Crippen MR) is 89.0 cm³/mol. The van der Waals surface area contributed by atoms with E-state index >= 15 is 0 Å². The first-order valence-corrected chi connectivity index (χ1v) is 8.28. The Balaban J connectivity index is 1.53. The van der Waals surface area contributed by atoms with Gasteiger partial charge < -0.3 is 15.3 Å². The molecule has 24 heavy (non-hydrogen) atoms. The Labute approximate surface area is 141 Å². The molecule has 1 unspecified atom stereocenters. The minimum atomic E-state index is -1.34. The first kappa shape index (κ1) is 16.6. The topological polar surface area (TPSA) is 94.1 Å².